The quantitative estimate of drug-likeness (QED) is 0.0784. The van der Waals surface area contributed by atoms with Gasteiger partial charge in [-0.25, -0.2) is 4.79 Å². The number of Topliss-reactive ketones (excluding diaryl/α,β-unsaturated/α-hetero) is 1. The minimum Gasteiger partial charge on any atom is -0.481 e. The predicted octanol–water partition coefficient (Wildman–Crippen LogP) is 0.121. The molecule has 1 aromatic rings. The van der Waals surface area contributed by atoms with E-state index in [1.165, 1.54) is 4.90 Å². The van der Waals surface area contributed by atoms with Crippen molar-refractivity contribution in [3.05, 3.63) is 23.3 Å². The van der Waals surface area contributed by atoms with Gasteiger partial charge in [-0.2, -0.15) is 0 Å². The summed E-state index contributed by atoms with van der Waals surface area (Å²) in [6, 6.07) is 3.11. The summed E-state index contributed by atoms with van der Waals surface area (Å²) < 4.78 is 12.4. The third-order valence-corrected chi connectivity index (χ3v) is 10.2. The van der Waals surface area contributed by atoms with Crippen LogP contribution >= 0.6 is 0 Å². The van der Waals surface area contributed by atoms with Gasteiger partial charge >= 0.3 is 12.1 Å². The number of likely N-dealkylation sites (N-methyl/N-ethyl adjacent to an activating group) is 1. The molecule has 2 heterocycles. The van der Waals surface area contributed by atoms with E-state index in [1.54, 1.807) is 13.0 Å². The number of amides is 3. The Bertz CT molecular complexity index is 1460. The second-order valence-corrected chi connectivity index (χ2v) is 12.7. The molecule has 1 spiro atoms. The highest BCUT2D eigenvalue weighted by atomic mass is 16.6. The van der Waals surface area contributed by atoms with Crippen LogP contribution in [0.2, 0.25) is 0 Å². The lowest BCUT2D eigenvalue weighted by atomic mass is 9.38. The SMILES string of the molecule is CCc1ccc(OC(=O)N(CC)CCNC(=O)[C@H](CCCN=C(N)N)NC(=O)CC(=O)O)c2c1C13C(CCC(=O)[C@@H]1O2)[C@H]1C3CN1C. The van der Waals surface area contributed by atoms with Gasteiger partial charge < -0.3 is 46.5 Å². The number of nitrogens with two attached hydrogens (primary N) is 2. The van der Waals surface area contributed by atoms with Gasteiger partial charge in [0.15, 0.2) is 29.3 Å². The van der Waals surface area contributed by atoms with Gasteiger partial charge in [-0.3, -0.25) is 24.2 Å². The van der Waals surface area contributed by atoms with Gasteiger partial charge in [0.25, 0.3) is 0 Å². The molecule has 7 N–H and O–H groups in total. The number of carboxylic acid groups (broad SMARTS) is 1. The number of ketones is 1. The first-order valence-corrected chi connectivity index (χ1v) is 16.3. The van der Waals surface area contributed by atoms with Crippen molar-refractivity contribution < 1.29 is 38.6 Å². The number of hydrogen-bond donors (Lipinski definition) is 5. The molecular formula is C32H45N7O8. The summed E-state index contributed by atoms with van der Waals surface area (Å²) in [4.78, 5) is 70.3. The lowest BCUT2D eigenvalue weighted by molar-refractivity contribution is -0.209. The molecule has 2 saturated carbocycles. The zero-order valence-electron chi connectivity index (χ0n) is 27.1. The van der Waals surface area contributed by atoms with E-state index in [2.05, 4.69) is 34.5 Å². The summed E-state index contributed by atoms with van der Waals surface area (Å²) >= 11 is 0. The number of guanidine groups is 1. The molecule has 1 saturated heterocycles. The Hall–Kier alpha value is -4.40. The fraction of sp³-hybridized carbons (Fsp3) is 0.625. The summed E-state index contributed by atoms with van der Waals surface area (Å²) in [5.41, 5.74) is 12.4. The van der Waals surface area contributed by atoms with Crippen LogP contribution in [0, 0.1) is 11.8 Å². The number of nitrogens with zero attached hydrogens (tertiary/aromatic N) is 3. The first kappa shape index (κ1) is 33.9. The maximum atomic E-state index is 13.4. The van der Waals surface area contributed by atoms with Crippen molar-refractivity contribution in [1.29, 1.82) is 0 Å². The van der Waals surface area contributed by atoms with Crippen molar-refractivity contribution in [1.82, 2.24) is 20.4 Å². The number of carboxylic acids is 1. The fourth-order valence-corrected chi connectivity index (χ4v) is 8.15. The molecule has 2 aliphatic heterocycles. The van der Waals surface area contributed by atoms with Crippen molar-refractivity contribution in [3.8, 4) is 11.5 Å². The number of hydrogen-bond acceptors (Lipinski definition) is 9. The molecule has 0 radical (unpaired) electrons. The minimum atomic E-state index is -1.32. The number of piperidine rings is 1. The number of aliphatic carboxylic acids is 1. The first-order valence-electron chi connectivity index (χ1n) is 16.3. The Morgan fingerprint density at radius 1 is 1.23 bits per heavy atom. The molecule has 3 amide bonds. The van der Waals surface area contributed by atoms with Crippen LogP contribution < -0.4 is 31.6 Å². The smallest absolute Gasteiger partial charge is 0.415 e. The standard InChI is InChI=1S/C32H45N7O8/c1-4-17-8-11-22(27-25(17)32-18(26-19(32)16-38(26)3)9-10-21(40)28(32)47-27)46-31(45)39(5-2)14-13-35-29(44)20(7-6-12-36-30(33)34)37-23(41)15-24(42)43/h8,11,18-20,26,28H,4-7,9-10,12-16H2,1-3H3,(H,35,44)(H,37,41)(H,42,43)(H4,33,34,36)/t18?,19?,20-,26-,28-,32?/m0/s1. The largest absolute Gasteiger partial charge is 0.481 e. The Kier molecular flexibility index (Phi) is 9.94. The lowest BCUT2D eigenvalue weighted by Gasteiger charge is -2.72. The van der Waals surface area contributed by atoms with E-state index in [-0.39, 0.29) is 55.5 Å². The second-order valence-electron chi connectivity index (χ2n) is 12.7. The Balaban J connectivity index is 1.24. The molecular weight excluding hydrogens is 610 g/mol. The third kappa shape index (κ3) is 6.20. The average Bonchev–Trinajstić information content (AvgIpc) is 3.39. The molecule has 15 heteroatoms. The zero-order chi connectivity index (χ0) is 34.0. The number of nitrogens with one attached hydrogen (secondary N) is 2. The van der Waals surface area contributed by atoms with Gasteiger partial charge in [-0.1, -0.05) is 13.0 Å². The number of aliphatic imine (C=N–C) groups is 1. The normalized spacial score (nSPS) is 25.6. The van der Waals surface area contributed by atoms with Crippen LogP contribution in [0.3, 0.4) is 0 Å². The van der Waals surface area contributed by atoms with E-state index in [9.17, 15) is 24.0 Å². The molecule has 6 atom stereocenters. The summed E-state index contributed by atoms with van der Waals surface area (Å²) in [6.45, 7) is 5.40. The van der Waals surface area contributed by atoms with Gasteiger partial charge in [-0.15, -0.1) is 0 Å². The number of ether oxygens (including phenoxy) is 2. The number of rotatable bonds is 14. The van der Waals surface area contributed by atoms with Crippen LogP contribution in [0.15, 0.2) is 17.1 Å². The first-order chi connectivity index (χ1) is 22.4. The van der Waals surface area contributed by atoms with E-state index in [0.29, 0.717) is 36.5 Å². The van der Waals surface area contributed by atoms with Gasteiger partial charge in [0.2, 0.25) is 11.8 Å². The highest BCUT2D eigenvalue weighted by Crippen LogP contribution is 2.70. The van der Waals surface area contributed by atoms with E-state index < -0.39 is 42.4 Å². The number of fused-ring (bicyclic) bond motifs is 3. The Morgan fingerprint density at radius 2 is 2.00 bits per heavy atom. The molecule has 2 aliphatic carbocycles. The monoisotopic (exact) mass is 655 g/mol. The maximum absolute atomic E-state index is 13.4. The Morgan fingerprint density at radius 3 is 2.66 bits per heavy atom. The van der Waals surface area contributed by atoms with Crippen LogP contribution in [0.5, 0.6) is 11.5 Å². The van der Waals surface area contributed by atoms with E-state index in [0.717, 1.165) is 30.5 Å². The van der Waals surface area contributed by atoms with Crippen molar-refractivity contribution in [2.75, 3.05) is 39.8 Å². The summed E-state index contributed by atoms with van der Waals surface area (Å²) in [6.07, 6.45) is 0.593. The molecule has 15 nitrogen and oxygen atoms in total. The number of carbonyl (C=O) groups is 5. The lowest BCUT2D eigenvalue weighted by Crippen LogP contribution is -2.82. The van der Waals surface area contributed by atoms with Crippen molar-refractivity contribution in [3.63, 3.8) is 0 Å². The molecule has 47 heavy (non-hydrogen) atoms. The molecule has 0 aromatic heterocycles. The van der Waals surface area contributed by atoms with Crippen molar-refractivity contribution in [2.24, 2.45) is 28.3 Å². The highest BCUT2D eigenvalue weighted by Gasteiger charge is 2.77. The summed E-state index contributed by atoms with van der Waals surface area (Å²) in [7, 11) is 2.13. The molecule has 4 aliphatic rings. The van der Waals surface area contributed by atoms with Gasteiger partial charge in [0, 0.05) is 56.7 Å². The average molecular weight is 656 g/mol. The fourth-order valence-electron chi connectivity index (χ4n) is 8.15. The number of benzene rings is 1. The van der Waals surface area contributed by atoms with Crippen LogP contribution in [-0.2, 0) is 31.0 Å². The van der Waals surface area contributed by atoms with E-state index in [4.69, 9.17) is 26.0 Å². The van der Waals surface area contributed by atoms with E-state index in [1.807, 2.05) is 6.07 Å². The molecule has 256 valence electrons. The maximum Gasteiger partial charge on any atom is 0.415 e. The summed E-state index contributed by atoms with van der Waals surface area (Å²) in [5, 5.41) is 14.1. The third-order valence-electron chi connectivity index (χ3n) is 10.2. The van der Waals surface area contributed by atoms with Gasteiger partial charge in [0.05, 0.1) is 5.41 Å². The van der Waals surface area contributed by atoms with Crippen molar-refractivity contribution >= 4 is 35.6 Å². The van der Waals surface area contributed by atoms with E-state index >= 15 is 0 Å². The topological polar surface area (TPSA) is 219 Å². The second kappa shape index (κ2) is 13.8. The minimum absolute atomic E-state index is 0.0440. The van der Waals surface area contributed by atoms with Crippen LogP contribution in [0.4, 0.5) is 4.79 Å². The number of aryl methyl sites for hydroxylation is 1. The molecule has 0 bridgehead atoms. The highest BCUT2D eigenvalue weighted by molar-refractivity contribution is 5.96. The van der Waals surface area contributed by atoms with Gasteiger partial charge in [0.1, 0.15) is 12.5 Å². The molecule has 3 unspecified atom stereocenters. The van der Waals surface area contributed by atoms with Crippen LogP contribution in [-0.4, -0.2) is 108 Å². The Labute approximate surface area is 273 Å². The number of carbonyl (C=O) groups excluding carboxylic acids is 4. The van der Waals surface area contributed by atoms with Crippen LogP contribution in [0.1, 0.15) is 57.1 Å². The van der Waals surface area contributed by atoms with Gasteiger partial charge in [-0.05, 0) is 57.2 Å². The summed E-state index contributed by atoms with van der Waals surface area (Å²) in [5.74, 6) is -1.28. The molecule has 3 fully saturated rings. The zero-order valence-corrected chi connectivity index (χ0v) is 27.1. The predicted molar refractivity (Wildman–Crippen MR) is 170 cm³/mol. The molecule has 5 rings (SSSR count). The number of likely N-dealkylation sites (tertiary alicyclic amines) is 1. The van der Waals surface area contributed by atoms with Crippen LogP contribution in [0.25, 0.3) is 0 Å². The molecule has 1 aromatic carbocycles. The van der Waals surface area contributed by atoms with Crippen molar-refractivity contribution in [2.45, 2.75) is 76.0 Å².